The molecule has 2 rings (SSSR count). The summed E-state index contributed by atoms with van der Waals surface area (Å²) in [4.78, 5) is 0. The lowest BCUT2D eigenvalue weighted by molar-refractivity contribution is -0.269. The quantitative estimate of drug-likeness (QED) is 0.159. The maximum absolute atomic E-state index is 6.87. The van der Waals surface area contributed by atoms with E-state index in [1.807, 2.05) is 0 Å². The van der Waals surface area contributed by atoms with Crippen LogP contribution in [0.15, 0.2) is 23.3 Å². The Balaban J connectivity index is 2.33. The molecule has 0 bridgehead atoms. The topological polar surface area (TPSA) is 18.5 Å². The molecule has 0 aromatic carbocycles. The zero-order chi connectivity index (χ0) is 21.8. The zero-order valence-electron chi connectivity index (χ0n) is 20.8. The Morgan fingerprint density at radius 3 is 1.90 bits per heavy atom. The fourth-order valence-electron chi connectivity index (χ4n) is 5.35. The van der Waals surface area contributed by atoms with Crippen molar-refractivity contribution in [2.45, 2.75) is 149 Å². The average Bonchev–Trinajstić information content (AvgIpc) is 2.73. The van der Waals surface area contributed by atoms with Crippen LogP contribution < -0.4 is 0 Å². The van der Waals surface area contributed by atoms with Gasteiger partial charge in [-0.25, -0.2) is 0 Å². The second-order valence-electron chi connectivity index (χ2n) is 10.1. The molecular formula is C28H50O2. The summed E-state index contributed by atoms with van der Waals surface area (Å²) in [6.45, 7) is 11.0. The van der Waals surface area contributed by atoms with E-state index < -0.39 is 5.79 Å². The van der Waals surface area contributed by atoms with Gasteiger partial charge in [-0.05, 0) is 91.1 Å². The summed E-state index contributed by atoms with van der Waals surface area (Å²) in [6.07, 6.45) is 24.5. The molecule has 2 aliphatic carbocycles. The van der Waals surface area contributed by atoms with E-state index in [1.54, 1.807) is 5.57 Å². The van der Waals surface area contributed by atoms with Crippen molar-refractivity contribution >= 4 is 0 Å². The van der Waals surface area contributed by atoms with Crippen molar-refractivity contribution in [3.8, 4) is 0 Å². The van der Waals surface area contributed by atoms with Gasteiger partial charge in [0.05, 0.1) is 12.2 Å². The Kier molecular flexibility index (Phi) is 11.7. The molecule has 30 heavy (non-hydrogen) atoms. The van der Waals surface area contributed by atoms with Gasteiger partial charge in [0, 0.05) is 5.92 Å². The molecule has 0 N–H and O–H groups in total. The van der Waals surface area contributed by atoms with Crippen molar-refractivity contribution in [3.63, 3.8) is 0 Å². The highest BCUT2D eigenvalue weighted by Crippen LogP contribution is 2.46. The molecule has 2 aliphatic rings. The molecule has 1 unspecified atom stereocenters. The number of hydrogen-bond donors (Lipinski definition) is 0. The van der Waals surface area contributed by atoms with Gasteiger partial charge in [-0.3, -0.25) is 0 Å². The molecule has 0 aromatic rings. The summed E-state index contributed by atoms with van der Waals surface area (Å²) in [7, 11) is 0. The van der Waals surface area contributed by atoms with Crippen LogP contribution in [0.4, 0.5) is 0 Å². The minimum atomic E-state index is -0.574. The van der Waals surface area contributed by atoms with Crippen LogP contribution in [-0.4, -0.2) is 18.0 Å². The van der Waals surface area contributed by atoms with Gasteiger partial charge in [-0.2, -0.15) is 0 Å². The van der Waals surface area contributed by atoms with Crippen molar-refractivity contribution in [2.24, 2.45) is 5.92 Å². The first kappa shape index (κ1) is 25.7. The maximum atomic E-state index is 6.87. The van der Waals surface area contributed by atoms with Crippen LogP contribution >= 0.6 is 0 Å². The normalized spacial score (nSPS) is 19.2. The third kappa shape index (κ3) is 7.83. The lowest BCUT2D eigenvalue weighted by Crippen LogP contribution is -2.50. The summed E-state index contributed by atoms with van der Waals surface area (Å²) in [6, 6.07) is 0. The van der Waals surface area contributed by atoms with Gasteiger partial charge < -0.3 is 9.47 Å². The number of allylic oxidation sites excluding steroid dienone is 2. The molecular weight excluding hydrogens is 368 g/mol. The van der Waals surface area contributed by atoms with Crippen LogP contribution in [0.3, 0.4) is 0 Å². The van der Waals surface area contributed by atoms with Crippen molar-refractivity contribution in [1.29, 1.82) is 0 Å². The minimum absolute atomic E-state index is 0.155. The highest BCUT2D eigenvalue weighted by molar-refractivity contribution is 5.25. The lowest BCUT2D eigenvalue weighted by atomic mass is 9.75. The smallest absolute Gasteiger partial charge is 0.197 e. The van der Waals surface area contributed by atoms with E-state index in [2.05, 4.69) is 46.8 Å². The molecule has 2 nitrogen and oxygen atoms in total. The molecule has 0 radical (unpaired) electrons. The fourth-order valence-corrected chi connectivity index (χ4v) is 5.35. The molecule has 0 amide bonds. The molecule has 0 saturated carbocycles. The van der Waals surface area contributed by atoms with E-state index in [1.165, 1.54) is 95.5 Å². The van der Waals surface area contributed by atoms with Gasteiger partial charge in [-0.1, -0.05) is 63.2 Å². The summed E-state index contributed by atoms with van der Waals surface area (Å²) in [5.74, 6) is -0.215. The first-order valence-electron chi connectivity index (χ1n) is 13.2. The Labute approximate surface area is 187 Å². The van der Waals surface area contributed by atoms with Gasteiger partial charge in [0.25, 0.3) is 0 Å². The van der Waals surface area contributed by atoms with Gasteiger partial charge in [-0.15, -0.1) is 0 Å². The first-order chi connectivity index (χ1) is 14.5. The Hall–Kier alpha value is -0.600. The van der Waals surface area contributed by atoms with Crippen molar-refractivity contribution in [1.82, 2.24) is 0 Å². The van der Waals surface area contributed by atoms with Crippen LogP contribution in [-0.2, 0) is 9.47 Å². The molecule has 0 spiro atoms. The number of hydrogen-bond acceptors (Lipinski definition) is 2. The minimum Gasteiger partial charge on any atom is -0.343 e. The predicted molar refractivity (Wildman–Crippen MR) is 130 cm³/mol. The van der Waals surface area contributed by atoms with E-state index in [-0.39, 0.29) is 12.2 Å². The molecule has 0 fully saturated rings. The van der Waals surface area contributed by atoms with E-state index in [9.17, 15) is 0 Å². The molecule has 0 aromatic heterocycles. The van der Waals surface area contributed by atoms with Gasteiger partial charge >= 0.3 is 0 Å². The number of ether oxygens (including phenoxy) is 2. The molecule has 2 heteroatoms. The van der Waals surface area contributed by atoms with Crippen molar-refractivity contribution < 1.29 is 9.47 Å². The van der Waals surface area contributed by atoms with E-state index >= 15 is 0 Å². The van der Waals surface area contributed by atoms with E-state index in [4.69, 9.17) is 9.47 Å². The van der Waals surface area contributed by atoms with Gasteiger partial charge in [0.2, 0.25) is 0 Å². The monoisotopic (exact) mass is 418 g/mol. The van der Waals surface area contributed by atoms with Crippen LogP contribution in [0.1, 0.15) is 131 Å². The number of rotatable bonds is 14. The second-order valence-corrected chi connectivity index (χ2v) is 10.1. The second kappa shape index (κ2) is 13.7. The van der Waals surface area contributed by atoms with Gasteiger partial charge in [0.15, 0.2) is 5.79 Å². The maximum Gasteiger partial charge on any atom is 0.197 e. The Morgan fingerprint density at radius 1 is 0.767 bits per heavy atom. The summed E-state index contributed by atoms with van der Waals surface area (Å²) >= 11 is 0. The van der Waals surface area contributed by atoms with Crippen LogP contribution in [0.5, 0.6) is 0 Å². The third-order valence-electron chi connectivity index (χ3n) is 6.64. The average molecular weight is 419 g/mol. The fraction of sp³-hybridized carbons (Fsp3) is 0.857. The summed E-state index contributed by atoms with van der Waals surface area (Å²) in [5, 5.41) is 0. The van der Waals surface area contributed by atoms with Crippen LogP contribution in [0.2, 0.25) is 0 Å². The first-order valence-corrected chi connectivity index (χ1v) is 13.2. The SMILES string of the molecule is CCCCCCCCC(C1=CCCCC1)C(OC(C)C)(OC(C)C)C1=CCCCC1. The lowest BCUT2D eigenvalue weighted by Gasteiger charge is -2.47. The van der Waals surface area contributed by atoms with Crippen molar-refractivity contribution in [3.05, 3.63) is 23.3 Å². The van der Waals surface area contributed by atoms with Crippen LogP contribution in [0, 0.1) is 5.92 Å². The molecule has 0 heterocycles. The Bertz CT molecular complexity index is 519. The standard InChI is InChI=1S/C28H50O2/c1-6-7-8-9-10-17-22-27(25-18-13-11-14-19-25)28(29-23(2)3,30-24(4)5)26-20-15-12-16-21-26/h18,20,23-24,27H,6-17,19,21-22H2,1-5H3. The third-order valence-corrected chi connectivity index (χ3v) is 6.64. The molecule has 1 atom stereocenters. The number of unbranched alkanes of at least 4 members (excludes halogenated alkanes) is 5. The molecule has 0 saturated heterocycles. The largest absolute Gasteiger partial charge is 0.343 e. The highest BCUT2D eigenvalue weighted by atomic mass is 16.7. The van der Waals surface area contributed by atoms with Crippen LogP contribution in [0.25, 0.3) is 0 Å². The summed E-state index contributed by atoms with van der Waals surface area (Å²) in [5.41, 5.74) is 3.04. The van der Waals surface area contributed by atoms with Crippen molar-refractivity contribution in [2.75, 3.05) is 0 Å². The van der Waals surface area contributed by atoms with E-state index in [0.29, 0.717) is 5.92 Å². The molecule has 0 aliphatic heterocycles. The Morgan fingerprint density at radius 2 is 1.37 bits per heavy atom. The summed E-state index contributed by atoms with van der Waals surface area (Å²) < 4.78 is 13.7. The predicted octanol–water partition coefficient (Wildman–Crippen LogP) is 8.90. The van der Waals surface area contributed by atoms with E-state index in [0.717, 1.165) is 6.42 Å². The van der Waals surface area contributed by atoms with Gasteiger partial charge in [0.1, 0.15) is 0 Å². The highest BCUT2D eigenvalue weighted by Gasteiger charge is 2.47. The zero-order valence-corrected chi connectivity index (χ0v) is 20.8. The molecule has 174 valence electrons.